The van der Waals surface area contributed by atoms with Gasteiger partial charge in [0, 0.05) is 12.7 Å². The molecule has 0 radical (unpaired) electrons. The van der Waals surface area contributed by atoms with Gasteiger partial charge in [0.1, 0.15) is 11.5 Å². The lowest BCUT2D eigenvalue weighted by Crippen LogP contribution is -2.17. The molecular weight excluding hydrogens is 140 g/mol. The van der Waals surface area contributed by atoms with E-state index < -0.39 is 0 Å². The first-order valence-electron chi connectivity index (χ1n) is 3.62. The first-order valence-corrected chi connectivity index (χ1v) is 3.62. The molecule has 0 amide bonds. The molecule has 0 spiro atoms. The Hall–Kier alpha value is -1.32. The van der Waals surface area contributed by atoms with Crippen LogP contribution in [0.2, 0.25) is 0 Å². The summed E-state index contributed by atoms with van der Waals surface area (Å²) in [4.78, 5) is 0. The van der Waals surface area contributed by atoms with E-state index in [9.17, 15) is 0 Å². The van der Waals surface area contributed by atoms with Crippen LogP contribution in [0.1, 0.15) is 19.0 Å². The lowest BCUT2D eigenvalue weighted by atomic mass is 10.4. The van der Waals surface area contributed by atoms with Crippen LogP contribution in [-0.4, -0.2) is 15.6 Å². The summed E-state index contributed by atoms with van der Waals surface area (Å²) in [5.41, 5.74) is 6.01. The van der Waals surface area contributed by atoms with E-state index in [4.69, 9.17) is 11.1 Å². The summed E-state index contributed by atoms with van der Waals surface area (Å²) in [5.74, 6) is 0.0796. The maximum atomic E-state index is 7.19. The van der Waals surface area contributed by atoms with Gasteiger partial charge in [-0.2, -0.15) is 5.10 Å². The van der Waals surface area contributed by atoms with E-state index in [1.165, 1.54) is 0 Å². The number of hydrogen-bond acceptors (Lipinski definition) is 2. The molecule has 4 nitrogen and oxygen atoms in total. The van der Waals surface area contributed by atoms with Crippen molar-refractivity contribution in [3.8, 4) is 0 Å². The topological polar surface area (TPSA) is 67.7 Å². The summed E-state index contributed by atoms with van der Waals surface area (Å²) >= 11 is 0. The highest BCUT2D eigenvalue weighted by Gasteiger charge is 2.02. The van der Waals surface area contributed by atoms with Gasteiger partial charge < -0.3 is 5.73 Å². The third kappa shape index (κ3) is 1.58. The van der Waals surface area contributed by atoms with Crippen LogP contribution in [0.4, 0.5) is 0 Å². The standard InChI is InChI=1S/C7H12N4/c1-2-5-11-6(7(8)9)3-4-10-11/h3-4H,2,5H2,1H3,(H3,8,9). The lowest BCUT2D eigenvalue weighted by molar-refractivity contribution is 0.597. The molecule has 0 aliphatic carbocycles. The zero-order valence-corrected chi connectivity index (χ0v) is 6.54. The Morgan fingerprint density at radius 2 is 2.55 bits per heavy atom. The van der Waals surface area contributed by atoms with Gasteiger partial charge in [0.25, 0.3) is 0 Å². The molecule has 0 aliphatic rings. The Labute approximate surface area is 65.5 Å². The number of nitrogens with zero attached hydrogens (tertiary/aromatic N) is 2. The lowest BCUT2D eigenvalue weighted by Gasteiger charge is -2.02. The van der Waals surface area contributed by atoms with Crippen LogP contribution in [0.25, 0.3) is 0 Å². The maximum absolute atomic E-state index is 7.19. The Balaban J connectivity index is 2.87. The Kier molecular flexibility index (Phi) is 2.25. The zero-order chi connectivity index (χ0) is 8.27. The minimum atomic E-state index is 0.0796. The van der Waals surface area contributed by atoms with Crippen molar-refractivity contribution in [1.29, 1.82) is 5.41 Å². The summed E-state index contributed by atoms with van der Waals surface area (Å²) in [6, 6.07) is 1.75. The summed E-state index contributed by atoms with van der Waals surface area (Å²) in [6.45, 7) is 2.88. The van der Waals surface area contributed by atoms with E-state index in [1.54, 1.807) is 16.9 Å². The van der Waals surface area contributed by atoms with Crippen LogP contribution >= 0.6 is 0 Å². The molecule has 0 saturated carbocycles. The SMILES string of the molecule is CCCn1nccc1C(=N)N. The Bertz CT molecular complexity index is 251. The molecule has 1 aromatic heterocycles. The van der Waals surface area contributed by atoms with Gasteiger partial charge in [-0.15, -0.1) is 0 Å². The third-order valence-corrected chi connectivity index (χ3v) is 1.43. The van der Waals surface area contributed by atoms with Crippen LogP contribution in [0, 0.1) is 5.41 Å². The molecule has 11 heavy (non-hydrogen) atoms. The molecular formula is C7H12N4. The van der Waals surface area contributed by atoms with Gasteiger partial charge in [-0.3, -0.25) is 10.1 Å². The molecule has 0 aliphatic heterocycles. The second kappa shape index (κ2) is 3.18. The predicted octanol–water partition coefficient (Wildman–Crippen LogP) is 0.577. The van der Waals surface area contributed by atoms with Crippen molar-refractivity contribution < 1.29 is 0 Å². The van der Waals surface area contributed by atoms with Gasteiger partial charge in [-0.25, -0.2) is 0 Å². The molecule has 60 valence electrons. The van der Waals surface area contributed by atoms with Crippen LogP contribution in [0.15, 0.2) is 12.3 Å². The van der Waals surface area contributed by atoms with Gasteiger partial charge >= 0.3 is 0 Å². The molecule has 0 atom stereocenters. The number of nitrogen functional groups attached to an aromatic ring is 1. The fourth-order valence-electron chi connectivity index (χ4n) is 0.951. The van der Waals surface area contributed by atoms with E-state index in [0.717, 1.165) is 13.0 Å². The first kappa shape index (κ1) is 7.78. The van der Waals surface area contributed by atoms with E-state index in [-0.39, 0.29) is 5.84 Å². The smallest absolute Gasteiger partial charge is 0.141 e. The van der Waals surface area contributed by atoms with Gasteiger partial charge in [-0.05, 0) is 12.5 Å². The normalized spacial score (nSPS) is 9.91. The average molecular weight is 152 g/mol. The van der Waals surface area contributed by atoms with E-state index in [0.29, 0.717) is 5.69 Å². The van der Waals surface area contributed by atoms with Crippen LogP contribution < -0.4 is 5.73 Å². The summed E-state index contributed by atoms with van der Waals surface area (Å²) in [6.07, 6.45) is 2.66. The molecule has 3 N–H and O–H groups in total. The summed E-state index contributed by atoms with van der Waals surface area (Å²) in [7, 11) is 0. The number of hydrogen-bond donors (Lipinski definition) is 2. The second-order valence-corrected chi connectivity index (χ2v) is 2.35. The number of aryl methyl sites for hydroxylation is 1. The van der Waals surface area contributed by atoms with Crippen molar-refractivity contribution in [2.45, 2.75) is 19.9 Å². The highest BCUT2D eigenvalue weighted by Crippen LogP contribution is 1.97. The fraction of sp³-hybridized carbons (Fsp3) is 0.429. The first-order chi connectivity index (χ1) is 5.25. The Morgan fingerprint density at radius 3 is 3.09 bits per heavy atom. The second-order valence-electron chi connectivity index (χ2n) is 2.35. The molecule has 1 aromatic rings. The Morgan fingerprint density at radius 1 is 1.82 bits per heavy atom. The highest BCUT2D eigenvalue weighted by atomic mass is 15.3. The van der Waals surface area contributed by atoms with Gasteiger partial charge in [0.2, 0.25) is 0 Å². The van der Waals surface area contributed by atoms with Gasteiger partial charge in [0.15, 0.2) is 0 Å². The number of rotatable bonds is 3. The third-order valence-electron chi connectivity index (χ3n) is 1.43. The van der Waals surface area contributed by atoms with E-state index in [2.05, 4.69) is 12.0 Å². The minimum absolute atomic E-state index is 0.0796. The number of aromatic nitrogens is 2. The molecule has 0 unspecified atom stereocenters. The molecule has 0 fully saturated rings. The van der Waals surface area contributed by atoms with Crippen molar-refractivity contribution >= 4 is 5.84 Å². The molecule has 0 aromatic carbocycles. The molecule has 1 rings (SSSR count). The number of nitrogens with two attached hydrogens (primary N) is 1. The van der Waals surface area contributed by atoms with Crippen LogP contribution in [0.5, 0.6) is 0 Å². The van der Waals surface area contributed by atoms with Crippen LogP contribution in [0.3, 0.4) is 0 Å². The van der Waals surface area contributed by atoms with Crippen molar-refractivity contribution in [3.05, 3.63) is 18.0 Å². The quantitative estimate of drug-likeness (QED) is 0.491. The fourth-order valence-corrected chi connectivity index (χ4v) is 0.951. The average Bonchev–Trinajstić information content (AvgIpc) is 2.36. The van der Waals surface area contributed by atoms with Gasteiger partial charge in [-0.1, -0.05) is 6.92 Å². The largest absolute Gasteiger partial charge is 0.382 e. The molecule has 1 heterocycles. The molecule has 4 heteroatoms. The van der Waals surface area contributed by atoms with Crippen molar-refractivity contribution in [2.24, 2.45) is 5.73 Å². The number of nitrogens with one attached hydrogen (secondary N) is 1. The van der Waals surface area contributed by atoms with E-state index >= 15 is 0 Å². The number of amidine groups is 1. The molecule has 0 saturated heterocycles. The zero-order valence-electron chi connectivity index (χ0n) is 6.54. The maximum Gasteiger partial charge on any atom is 0.141 e. The summed E-state index contributed by atoms with van der Waals surface area (Å²) < 4.78 is 1.74. The minimum Gasteiger partial charge on any atom is -0.382 e. The van der Waals surface area contributed by atoms with Crippen molar-refractivity contribution in [2.75, 3.05) is 0 Å². The molecule has 0 bridgehead atoms. The predicted molar refractivity (Wildman–Crippen MR) is 43.5 cm³/mol. The van der Waals surface area contributed by atoms with Gasteiger partial charge in [0.05, 0.1) is 0 Å². The van der Waals surface area contributed by atoms with Crippen molar-refractivity contribution in [1.82, 2.24) is 9.78 Å². The van der Waals surface area contributed by atoms with E-state index in [1.807, 2.05) is 0 Å². The van der Waals surface area contributed by atoms with Crippen LogP contribution in [-0.2, 0) is 6.54 Å². The monoisotopic (exact) mass is 152 g/mol. The highest BCUT2D eigenvalue weighted by molar-refractivity contribution is 5.93. The summed E-state index contributed by atoms with van der Waals surface area (Å²) in [5, 5.41) is 11.2. The van der Waals surface area contributed by atoms with Crippen molar-refractivity contribution in [3.63, 3.8) is 0 Å².